The Morgan fingerprint density at radius 2 is 2.10 bits per heavy atom. The van der Waals surface area contributed by atoms with E-state index in [2.05, 4.69) is 25.7 Å². The lowest BCUT2D eigenvalue weighted by atomic mass is 10.1. The molecule has 104 valence electrons. The molecule has 1 fully saturated rings. The highest BCUT2D eigenvalue weighted by atomic mass is 16.4. The van der Waals surface area contributed by atoms with Gasteiger partial charge in [-0.1, -0.05) is 0 Å². The summed E-state index contributed by atoms with van der Waals surface area (Å²) in [6.45, 7) is 3.94. The van der Waals surface area contributed by atoms with Crippen molar-refractivity contribution in [3.63, 3.8) is 0 Å². The van der Waals surface area contributed by atoms with E-state index in [1.54, 1.807) is 4.68 Å². The molecule has 2 aromatic heterocycles. The zero-order valence-corrected chi connectivity index (χ0v) is 11.2. The Morgan fingerprint density at radius 3 is 2.75 bits per heavy atom. The third-order valence-corrected chi connectivity index (χ3v) is 3.63. The minimum atomic E-state index is -0.792. The average Bonchev–Trinajstić information content (AvgIpc) is 3.05. The van der Waals surface area contributed by atoms with Crippen LogP contribution in [0, 0.1) is 19.3 Å². The summed E-state index contributed by atoms with van der Waals surface area (Å²) in [6.07, 6.45) is 1.32. The summed E-state index contributed by atoms with van der Waals surface area (Å²) in [7, 11) is 0. The van der Waals surface area contributed by atoms with Crippen molar-refractivity contribution in [3.05, 3.63) is 17.5 Å². The fourth-order valence-electron chi connectivity index (χ4n) is 2.16. The molecule has 8 heteroatoms. The smallest absolute Gasteiger partial charge is 0.311 e. The van der Waals surface area contributed by atoms with Crippen LogP contribution in [0.15, 0.2) is 6.07 Å². The Kier molecular flexibility index (Phi) is 2.73. The quantitative estimate of drug-likeness (QED) is 0.870. The monoisotopic (exact) mass is 274 g/mol. The maximum Gasteiger partial charge on any atom is 0.311 e. The predicted molar refractivity (Wildman–Crippen MR) is 67.6 cm³/mol. The van der Waals surface area contributed by atoms with Crippen LogP contribution in [0.25, 0.3) is 11.4 Å². The molecule has 0 amide bonds. The summed E-state index contributed by atoms with van der Waals surface area (Å²) in [5, 5.41) is 28.9. The van der Waals surface area contributed by atoms with Crippen molar-refractivity contribution in [1.82, 2.24) is 30.4 Å². The summed E-state index contributed by atoms with van der Waals surface area (Å²) >= 11 is 0. The van der Waals surface area contributed by atoms with Gasteiger partial charge in [-0.2, -0.15) is 10.2 Å². The van der Waals surface area contributed by atoms with Crippen molar-refractivity contribution in [3.8, 4) is 11.4 Å². The van der Waals surface area contributed by atoms with Crippen LogP contribution in [-0.2, 0) is 11.3 Å². The van der Waals surface area contributed by atoms with Gasteiger partial charge >= 0.3 is 5.97 Å². The molecule has 0 unspecified atom stereocenters. The van der Waals surface area contributed by atoms with E-state index in [4.69, 9.17) is 0 Å². The Labute approximate surface area is 114 Å². The molecule has 1 saturated carbocycles. The lowest BCUT2D eigenvalue weighted by Crippen LogP contribution is -2.22. The molecule has 1 aliphatic rings. The largest absolute Gasteiger partial charge is 0.481 e. The number of aromatic nitrogens is 6. The number of tetrazole rings is 1. The van der Waals surface area contributed by atoms with Crippen LogP contribution in [0.2, 0.25) is 0 Å². The number of nitrogens with zero attached hydrogens (tertiary/aromatic N) is 6. The van der Waals surface area contributed by atoms with Crippen LogP contribution in [0.4, 0.5) is 0 Å². The molecular formula is C12H14N6O2. The second-order valence-corrected chi connectivity index (χ2v) is 5.23. The molecule has 2 heterocycles. The molecule has 1 N–H and O–H groups in total. The van der Waals surface area contributed by atoms with Gasteiger partial charge < -0.3 is 5.11 Å². The summed E-state index contributed by atoms with van der Waals surface area (Å²) < 4.78 is 1.55. The zero-order chi connectivity index (χ0) is 14.3. The number of aliphatic carboxylic acids is 1. The molecule has 0 atom stereocenters. The SMILES string of the molecule is Cc1cc(-c2nnnn2CC2(C(=O)O)CC2)c(C)nn1. The van der Waals surface area contributed by atoms with E-state index in [9.17, 15) is 9.90 Å². The Morgan fingerprint density at radius 1 is 1.35 bits per heavy atom. The van der Waals surface area contributed by atoms with Crippen LogP contribution in [0.3, 0.4) is 0 Å². The van der Waals surface area contributed by atoms with Crippen LogP contribution in [-0.4, -0.2) is 41.5 Å². The fourth-order valence-corrected chi connectivity index (χ4v) is 2.16. The van der Waals surface area contributed by atoms with Crippen molar-refractivity contribution in [2.75, 3.05) is 0 Å². The highest BCUT2D eigenvalue weighted by Gasteiger charge is 2.51. The van der Waals surface area contributed by atoms with Gasteiger partial charge in [0.1, 0.15) is 0 Å². The Balaban J connectivity index is 1.98. The highest BCUT2D eigenvalue weighted by molar-refractivity contribution is 5.77. The van der Waals surface area contributed by atoms with E-state index in [0.717, 1.165) is 11.3 Å². The average molecular weight is 274 g/mol. The molecule has 20 heavy (non-hydrogen) atoms. The van der Waals surface area contributed by atoms with Crippen LogP contribution < -0.4 is 0 Å². The molecule has 0 radical (unpaired) electrons. The Bertz CT molecular complexity index is 676. The number of carbonyl (C=O) groups is 1. The molecular weight excluding hydrogens is 260 g/mol. The van der Waals surface area contributed by atoms with Gasteiger partial charge in [0.2, 0.25) is 0 Å². The van der Waals surface area contributed by atoms with E-state index in [0.29, 0.717) is 24.4 Å². The number of hydrogen-bond acceptors (Lipinski definition) is 6. The Hall–Kier alpha value is -2.38. The van der Waals surface area contributed by atoms with Gasteiger partial charge in [-0.15, -0.1) is 5.10 Å². The topological polar surface area (TPSA) is 107 Å². The number of carboxylic acids is 1. The van der Waals surface area contributed by atoms with E-state index >= 15 is 0 Å². The third-order valence-electron chi connectivity index (χ3n) is 3.63. The zero-order valence-electron chi connectivity index (χ0n) is 11.2. The number of hydrogen-bond donors (Lipinski definition) is 1. The second-order valence-electron chi connectivity index (χ2n) is 5.23. The van der Waals surface area contributed by atoms with Gasteiger partial charge in [-0.25, -0.2) is 4.68 Å². The minimum Gasteiger partial charge on any atom is -0.481 e. The van der Waals surface area contributed by atoms with Gasteiger partial charge in [0.05, 0.1) is 23.3 Å². The van der Waals surface area contributed by atoms with Gasteiger partial charge in [0.15, 0.2) is 5.82 Å². The second kappa shape index (κ2) is 4.32. The molecule has 2 aromatic rings. The lowest BCUT2D eigenvalue weighted by molar-refractivity contribution is -0.144. The summed E-state index contributed by atoms with van der Waals surface area (Å²) in [4.78, 5) is 11.3. The minimum absolute atomic E-state index is 0.283. The molecule has 0 aliphatic heterocycles. The third kappa shape index (κ3) is 2.02. The first kappa shape index (κ1) is 12.6. The van der Waals surface area contributed by atoms with Gasteiger partial charge in [0, 0.05) is 5.56 Å². The van der Waals surface area contributed by atoms with E-state index in [1.807, 2.05) is 19.9 Å². The van der Waals surface area contributed by atoms with Gasteiger partial charge in [-0.3, -0.25) is 4.79 Å². The van der Waals surface area contributed by atoms with Crippen molar-refractivity contribution in [2.24, 2.45) is 5.41 Å². The fraction of sp³-hybridized carbons (Fsp3) is 0.500. The summed E-state index contributed by atoms with van der Waals surface area (Å²) in [6, 6.07) is 1.85. The molecule has 0 saturated heterocycles. The summed E-state index contributed by atoms with van der Waals surface area (Å²) in [5.74, 6) is -0.257. The van der Waals surface area contributed by atoms with E-state index < -0.39 is 11.4 Å². The predicted octanol–water partition coefficient (Wildman–Crippen LogP) is 0.612. The first-order valence-electron chi connectivity index (χ1n) is 6.33. The number of carboxylic acid groups (broad SMARTS) is 1. The molecule has 1 aliphatic carbocycles. The van der Waals surface area contributed by atoms with Gasteiger partial charge in [0.25, 0.3) is 0 Å². The number of rotatable bonds is 4. The van der Waals surface area contributed by atoms with Crippen LogP contribution in [0.1, 0.15) is 24.2 Å². The van der Waals surface area contributed by atoms with Crippen molar-refractivity contribution < 1.29 is 9.90 Å². The van der Waals surface area contributed by atoms with Crippen molar-refractivity contribution >= 4 is 5.97 Å². The molecule has 0 spiro atoms. The van der Waals surface area contributed by atoms with Crippen molar-refractivity contribution in [2.45, 2.75) is 33.2 Å². The summed E-state index contributed by atoms with van der Waals surface area (Å²) in [5.41, 5.74) is 1.54. The number of aryl methyl sites for hydroxylation is 2. The molecule has 8 nitrogen and oxygen atoms in total. The standard InChI is InChI=1S/C12H14N6O2/c1-7-5-9(8(2)14-13-7)10-15-16-17-18(10)6-12(3-4-12)11(19)20/h5H,3-4,6H2,1-2H3,(H,19,20). The highest BCUT2D eigenvalue weighted by Crippen LogP contribution is 2.47. The van der Waals surface area contributed by atoms with E-state index in [1.165, 1.54) is 0 Å². The maximum absolute atomic E-state index is 11.3. The first-order valence-corrected chi connectivity index (χ1v) is 6.33. The normalized spacial score (nSPS) is 16.1. The maximum atomic E-state index is 11.3. The molecule has 3 rings (SSSR count). The molecule has 0 aromatic carbocycles. The van der Waals surface area contributed by atoms with Crippen molar-refractivity contribution in [1.29, 1.82) is 0 Å². The van der Waals surface area contributed by atoms with Gasteiger partial charge in [-0.05, 0) is 43.2 Å². The van der Waals surface area contributed by atoms with Crippen LogP contribution in [0.5, 0.6) is 0 Å². The van der Waals surface area contributed by atoms with Crippen LogP contribution >= 0.6 is 0 Å². The first-order chi connectivity index (χ1) is 9.52. The van der Waals surface area contributed by atoms with E-state index in [-0.39, 0.29) is 6.54 Å². The molecule has 0 bridgehead atoms. The lowest BCUT2D eigenvalue weighted by Gasteiger charge is -2.11.